The van der Waals surface area contributed by atoms with Gasteiger partial charge in [0.1, 0.15) is 17.8 Å². The van der Waals surface area contributed by atoms with Crippen molar-refractivity contribution in [1.82, 2.24) is 0 Å². The van der Waals surface area contributed by atoms with Crippen LogP contribution in [0.1, 0.15) is 106 Å². The molecule has 4 aliphatic carbocycles. The number of hydrogen-bond donors (Lipinski definition) is 0. The third kappa shape index (κ3) is 3.69. The lowest BCUT2D eigenvalue weighted by atomic mass is 9.44. The van der Waals surface area contributed by atoms with E-state index in [1.807, 2.05) is 0 Å². The van der Waals surface area contributed by atoms with Crippen LogP contribution in [-0.4, -0.2) is 28.6 Å². The lowest BCUT2D eigenvalue weighted by Gasteiger charge is -2.60. The van der Waals surface area contributed by atoms with Gasteiger partial charge >= 0.3 is 5.97 Å². The Morgan fingerprint density at radius 2 is 1.82 bits per heavy atom. The van der Waals surface area contributed by atoms with Crippen molar-refractivity contribution < 1.29 is 14.3 Å². The van der Waals surface area contributed by atoms with E-state index in [1.54, 1.807) is 6.92 Å². The first-order valence-corrected chi connectivity index (χ1v) is 14.9. The average molecular weight is 524 g/mol. The van der Waals surface area contributed by atoms with Gasteiger partial charge in [0.25, 0.3) is 0 Å². The van der Waals surface area contributed by atoms with Crippen LogP contribution < -0.4 is 0 Å². The van der Waals surface area contributed by atoms with Crippen LogP contribution in [-0.2, 0) is 14.3 Å². The Hall–Kier alpha value is -0.0900. The molecule has 0 aromatic carbocycles. The van der Waals surface area contributed by atoms with Gasteiger partial charge in [-0.25, -0.2) is 0 Å². The highest BCUT2D eigenvalue weighted by Gasteiger charge is 2.79. The van der Waals surface area contributed by atoms with E-state index in [1.165, 1.54) is 44.9 Å². The molecule has 0 aromatic rings. The number of halogens is 1. The molecule has 4 saturated carbocycles. The van der Waals surface area contributed by atoms with Crippen molar-refractivity contribution in [3.8, 4) is 0 Å². The summed E-state index contributed by atoms with van der Waals surface area (Å²) in [7, 11) is 0. The maximum absolute atomic E-state index is 11.6. The molecule has 0 radical (unpaired) electrons. The van der Waals surface area contributed by atoms with Crippen LogP contribution in [0.5, 0.6) is 0 Å². The fourth-order valence-electron chi connectivity index (χ4n) is 9.93. The van der Waals surface area contributed by atoms with Crippen molar-refractivity contribution in [3.63, 3.8) is 0 Å². The molecule has 0 bridgehead atoms. The monoisotopic (exact) mass is 522 g/mol. The number of ether oxygens (including phenoxy) is 2. The van der Waals surface area contributed by atoms with E-state index in [9.17, 15) is 4.79 Å². The molecular formula is C29H47BrO3. The van der Waals surface area contributed by atoms with Crippen LogP contribution in [0, 0.1) is 46.3 Å². The lowest BCUT2D eigenvalue weighted by molar-refractivity contribution is -0.157. The Morgan fingerprint density at radius 3 is 2.52 bits per heavy atom. The zero-order valence-corrected chi connectivity index (χ0v) is 23.5. The van der Waals surface area contributed by atoms with E-state index < -0.39 is 0 Å². The predicted molar refractivity (Wildman–Crippen MR) is 136 cm³/mol. The zero-order chi connectivity index (χ0) is 23.8. The second-order valence-electron chi connectivity index (χ2n) is 13.6. The molecule has 0 N–H and O–H groups in total. The molecule has 4 heteroatoms. The predicted octanol–water partition coefficient (Wildman–Crippen LogP) is 7.54. The molecule has 11 unspecified atom stereocenters. The molecule has 1 spiro atoms. The van der Waals surface area contributed by atoms with Crippen LogP contribution in [0.2, 0.25) is 0 Å². The van der Waals surface area contributed by atoms with Gasteiger partial charge in [-0.2, -0.15) is 0 Å². The number of alkyl halides is 1. The minimum Gasteiger partial charge on any atom is -0.462 e. The molecule has 1 saturated heterocycles. The SMILES string of the molecule is CC(=O)OC1CCC2(C)C3CCC4(C)C(C(C)CCCC(C)C)CCC4C3C(Br)C3OC32C1. The molecule has 11 atom stereocenters. The fraction of sp³-hybridized carbons (Fsp3) is 0.966. The van der Waals surface area contributed by atoms with Crippen molar-refractivity contribution >= 4 is 21.9 Å². The van der Waals surface area contributed by atoms with Crippen molar-refractivity contribution in [2.45, 2.75) is 128 Å². The minimum atomic E-state index is -0.144. The second-order valence-corrected chi connectivity index (χ2v) is 14.6. The van der Waals surface area contributed by atoms with Gasteiger partial charge in [0, 0.05) is 23.6 Å². The van der Waals surface area contributed by atoms with E-state index in [0.717, 1.165) is 54.8 Å². The molecule has 33 heavy (non-hydrogen) atoms. The molecule has 0 amide bonds. The van der Waals surface area contributed by atoms with Crippen LogP contribution in [0.3, 0.4) is 0 Å². The molecule has 188 valence electrons. The normalized spacial score (nSPS) is 51.2. The first-order chi connectivity index (χ1) is 15.5. The quantitative estimate of drug-likeness (QED) is 0.205. The van der Waals surface area contributed by atoms with Crippen molar-refractivity contribution in [3.05, 3.63) is 0 Å². The molecular weight excluding hydrogens is 476 g/mol. The number of hydrogen-bond acceptors (Lipinski definition) is 3. The van der Waals surface area contributed by atoms with Gasteiger partial charge in [-0.15, -0.1) is 0 Å². The number of rotatable bonds is 6. The van der Waals surface area contributed by atoms with E-state index in [2.05, 4.69) is 50.5 Å². The van der Waals surface area contributed by atoms with Crippen LogP contribution >= 0.6 is 15.9 Å². The van der Waals surface area contributed by atoms with Gasteiger partial charge in [-0.05, 0) is 79.4 Å². The number of epoxide rings is 1. The van der Waals surface area contributed by atoms with Gasteiger partial charge in [0.05, 0.1) is 0 Å². The summed E-state index contributed by atoms with van der Waals surface area (Å²) in [4.78, 5) is 12.1. The molecule has 1 aliphatic heterocycles. The van der Waals surface area contributed by atoms with Crippen molar-refractivity contribution in [2.24, 2.45) is 46.3 Å². The van der Waals surface area contributed by atoms with Crippen LogP contribution in [0.4, 0.5) is 0 Å². The summed E-state index contributed by atoms with van der Waals surface area (Å²) in [5.74, 6) is 4.69. The summed E-state index contributed by atoms with van der Waals surface area (Å²) in [6, 6.07) is 0. The van der Waals surface area contributed by atoms with E-state index in [-0.39, 0.29) is 23.1 Å². The Balaban J connectivity index is 1.34. The van der Waals surface area contributed by atoms with Gasteiger partial charge in [0.15, 0.2) is 0 Å². The molecule has 3 nitrogen and oxygen atoms in total. The zero-order valence-electron chi connectivity index (χ0n) is 21.9. The van der Waals surface area contributed by atoms with Crippen LogP contribution in [0.15, 0.2) is 0 Å². The van der Waals surface area contributed by atoms with Crippen molar-refractivity contribution in [1.29, 1.82) is 0 Å². The Bertz CT molecular complexity index is 768. The molecule has 1 heterocycles. The first-order valence-electron chi connectivity index (χ1n) is 14.0. The fourth-order valence-corrected chi connectivity index (χ4v) is 11.2. The highest BCUT2D eigenvalue weighted by Crippen LogP contribution is 2.75. The topological polar surface area (TPSA) is 38.8 Å². The lowest BCUT2D eigenvalue weighted by Crippen LogP contribution is -2.62. The maximum Gasteiger partial charge on any atom is 0.302 e. The van der Waals surface area contributed by atoms with Gasteiger partial charge in [-0.1, -0.05) is 69.8 Å². The maximum atomic E-state index is 11.6. The van der Waals surface area contributed by atoms with E-state index in [4.69, 9.17) is 9.47 Å². The summed E-state index contributed by atoms with van der Waals surface area (Å²) < 4.78 is 12.4. The minimum absolute atomic E-state index is 0.0354. The number of fused-ring (bicyclic) bond motifs is 4. The summed E-state index contributed by atoms with van der Waals surface area (Å²) in [6.07, 6.45) is 13.1. The van der Waals surface area contributed by atoms with Gasteiger partial charge in [-0.3, -0.25) is 4.79 Å². The number of esters is 1. The second kappa shape index (κ2) is 8.49. The standard InChI is InChI=1S/C29H47BrO3/c1-17(2)8-7-9-18(3)21-10-11-22-24-23(13-14-27(21,22)5)28(6)15-12-20(32-19(4)31)16-29(28)26(33-29)25(24)30/h17-18,20-26H,7-16H2,1-6H3. The summed E-state index contributed by atoms with van der Waals surface area (Å²) in [5.41, 5.74) is 0.646. The number of carbonyl (C=O) groups is 1. The summed E-state index contributed by atoms with van der Waals surface area (Å²) in [5, 5.41) is 0. The third-order valence-corrected chi connectivity index (χ3v) is 12.7. The smallest absolute Gasteiger partial charge is 0.302 e. The molecule has 5 aliphatic rings. The van der Waals surface area contributed by atoms with Crippen LogP contribution in [0.25, 0.3) is 0 Å². The highest BCUT2D eigenvalue weighted by molar-refractivity contribution is 9.09. The largest absolute Gasteiger partial charge is 0.462 e. The Kier molecular flexibility index (Phi) is 6.33. The Labute approximate surface area is 210 Å². The van der Waals surface area contributed by atoms with E-state index >= 15 is 0 Å². The molecule has 0 aromatic heterocycles. The molecule has 5 fully saturated rings. The van der Waals surface area contributed by atoms with Gasteiger partial charge in [0.2, 0.25) is 0 Å². The Morgan fingerprint density at radius 1 is 1.06 bits per heavy atom. The van der Waals surface area contributed by atoms with Gasteiger partial charge < -0.3 is 9.47 Å². The summed E-state index contributed by atoms with van der Waals surface area (Å²) in [6.45, 7) is 14.0. The average Bonchev–Trinajstić information content (AvgIpc) is 3.35. The first kappa shape index (κ1) is 24.6. The summed E-state index contributed by atoms with van der Waals surface area (Å²) >= 11 is 4.23. The van der Waals surface area contributed by atoms with Crippen molar-refractivity contribution in [2.75, 3.05) is 0 Å². The number of carbonyl (C=O) groups excluding carboxylic acids is 1. The third-order valence-electron chi connectivity index (χ3n) is 11.6. The highest BCUT2D eigenvalue weighted by atomic mass is 79.9. The van der Waals surface area contributed by atoms with E-state index in [0.29, 0.717) is 16.3 Å². The molecule has 5 rings (SSSR count).